The molecule has 1 aromatic heterocycles. The van der Waals surface area contributed by atoms with Crippen LogP contribution in [0.1, 0.15) is 18.4 Å². The summed E-state index contributed by atoms with van der Waals surface area (Å²) in [6.07, 6.45) is 4.28. The van der Waals surface area contributed by atoms with E-state index < -0.39 is 0 Å². The second-order valence-corrected chi connectivity index (χ2v) is 7.43. The number of amides is 1. The topological polar surface area (TPSA) is 50.2 Å². The third-order valence-corrected chi connectivity index (χ3v) is 5.45. The Labute approximate surface area is 182 Å². The Morgan fingerprint density at radius 3 is 2.60 bits per heavy atom. The van der Waals surface area contributed by atoms with E-state index in [9.17, 15) is 9.18 Å². The Bertz CT molecular complexity index is 975. The summed E-state index contributed by atoms with van der Waals surface area (Å²) in [5.41, 5.74) is 3.28. The minimum absolute atomic E-state index is 0. The van der Waals surface area contributed by atoms with E-state index in [0.717, 1.165) is 42.7 Å². The molecular formula is C23H26ClFN4O. The zero-order valence-electron chi connectivity index (χ0n) is 16.9. The van der Waals surface area contributed by atoms with Gasteiger partial charge in [0.25, 0.3) is 0 Å². The fourth-order valence-electron chi connectivity index (χ4n) is 3.82. The molecule has 5 nitrogen and oxygen atoms in total. The van der Waals surface area contributed by atoms with Crippen LogP contribution in [0.2, 0.25) is 0 Å². The van der Waals surface area contributed by atoms with Gasteiger partial charge in [-0.1, -0.05) is 18.2 Å². The molecule has 0 spiro atoms. The summed E-state index contributed by atoms with van der Waals surface area (Å²) in [6.45, 7) is 1.52. The monoisotopic (exact) mass is 428 g/mol. The second kappa shape index (κ2) is 9.87. The molecule has 1 atom stereocenters. The molecule has 1 amide bonds. The number of aromatic nitrogens is 2. The van der Waals surface area contributed by atoms with Crippen molar-refractivity contribution >= 4 is 18.3 Å². The van der Waals surface area contributed by atoms with Crippen LogP contribution in [0, 0.1) is 5.82 Å². The van der Waals surface area contributed by atoms with Crippen LogP contribution in [0.15, 0.2) is 60.8 Å². The average Bonchev–Trinajstić information content (AvgIpc) is 3.18. The number of hydrogen-bond acceptors (Lipinski definition) is 3. The van der Waals surface area contributed by atoms with Crippen molar-refractivity contribution in [3.63, 3.8) is 0 Å². The van der Waals surface area contributed by atoms with Gasteiger partial charge in [-0.2, -0.15) is 5.10 Å². The van der Waals surface area contributed by atoms with Gasteiger partial charge < -0.3 is 10.2 Å². The number of likely N-dealkylation sites (tertiary alicyclic amines) is 1. The van der Waals surface area contributed by atoms with Gasteiger partial charge in [-0.3, -0.25) is 4.79 Å². The van der Waals surface area contributed by atoms with Crippen LogP contribution in [0.4, 0.5) is 4.39 Å². The molecule has 30 heavy (non-hydrogen) atoms. The number of halogens is 2. The van der Waals surface area contributed by atoms with Gasteiger partial charge in [0.1, 0.15) is 5.82 Å². The van der Waals surface area contributed by atoms with Crippen LogP contribution in [-0.2, 0) is 11.2 Å². The van der Waals surface area contributed by atoms with E-state index in [1.165, 1.54) is 12.1 Å². The quantitative estimate of drug-likeness (QED) is 0.671. The predicted octanol–water partition coefficient (Wildman–Crippen LogP) is 3.85. The van der Waals surface area contributed by atoms with Gasteiger partial charge in [-0.15, -0.1) is 12.4 Å². The maximum atomic E-state index is 13.4. The highest BCUT2D eigenvalue weighted by Gasteiger charge is 2.24. The summed E-state index contributed by atoms with van der Waals surface area (Å²) in [7, 11) is 1.94. The van der Waals surface area contributed by atoms with Crippen molar-refractivity contribution in [1.29, 1.82) is 0 Å². The molecule has 4 rings (SSSR count). The van der Waals surface area contributed by atoms with Gasteiger partial charge in [-0.25, -0.2) is 9.07 Å². The third-order valence-electron chi connectivity index (χ3n) is 5.45. The van der Waals surface area contributed by atoms with Gasteiger partial charge in [-0.05, 0) is 56.3 Å². The second-order valence-electron chi connectivity index (χ2n) is 7.43. The van der Waals surface area contributed by atoms with Crippen LogP contribution in [0.3, 0.4) is 0 Å². The minimum Gasteiger partial charge on any atom is -0.341 e. The van der Waals surface area contributed by atoms with Crippen LogP contribution in [0.5, 0.6) is 0 Å². The zero-order valence-corrected chi connectivity index (χ0v) is 17.7. The lowest BCUT2D eigenvalue weighted by molar-refractivity contribution is -0.131. The number of piperidine rings is 1. The highest BCUT2D eigenvalue weighted by molar-refractivity contribution is 5.85. The molecule has 1 unspecified atom stereocenters. The first-order valence-electron chi connectivity index (χ1n) is 9.99. The number of likely N-dealkylation sites (N-methyl/N-ethyl adjacent to an activating group) is 1. The fourth-order valence-corrected chi connectivity index (χ4v) is 3.82. The third kappa shape index (κ3) is 4.89. The largest absolute Gasteiger partial charge is 0.341 e. The molecule has 0 aliphatic carbocycles. The average molecular weight is 429 g/mol. The number of benzene rings is 2. The molecule has 1 aliphatic rings. The number of carbonyl (C=O) groups is 1. The first kappa shape index (κ1) is 22.0. The summed E-state index contributed by atoms with van der Waals surface area (Å²) < 4.78 is 15.2. The Kier molecular flexibility index (Phi) is 7.24. The zero-order chi connectivity index (χ0) is 20.2. The van der Waals surface area contributed by atoms with Crippen LogP contribution in [0.25, 0.3) is 16.9 Å². The number of nitrogens with one attached hydrogen (secondary N) is 1. The summed E-state index contributed by atoms with van der Waals surface area (Å²) in [4.78, 5) is 14.9. The van der Waals surface area contributed by atoms with Crippen molar-refractivity contribution < 1.29 is 9.18 Å². The molecule has 1 aliphatic heterocycles. The van der Waals surface area contributed by atoms with Crippen LogP contribution >= 0.6 is 12.4 Å². The molecule has 2 aromatic carbocycles. The summed E-state index contributed by atoms with van der Waals surface area (Å²) in [5.74, 6) is -0.193. The molecule has 1 fully saturated rings. The standard InChI is InChI=1S/C23H25FN4O.ClH/c1-25-20-6-5-13-27(16-20)22(29)14-18-15-28(21-7-3-2-4-8-21)26-23(18)17-9-11-19(24)12-10-17;/h2-4,7-12,15,20,25H,5-6,13-14,16H2,1H3;1H. The van der Waals surface area contributed by atoms with Crippen molar-refractivity contribution in [3.05, 3.63) is 72.2 Å². The lowest BCUT2D eigenvalue weighted by Gasteiger charge is -2.32. The van der Waals surface area contributed by atoms with Crippen molar-refractivity contribution in [2.45, 2.75) is 25.3 Å². The summed E-state index contributed by atoms with van der Waals surface area (Å²) in [6, 6.07) is 16.4. The molecular weight excluding hydrogens is 403 g/mol. The maximum absolute atomic E-state index is 13.4. The van der Waals surface area contributed by atoms with Crippen molar-refractivity contribution in [2.75, 3.05) is 20.1 Å². The van der Waals surface area contributed by atoms with E-state index in [1.54, 1.807) is 16.8 Å². The molecule has 0 radical (unpaired) electrons. The highest BCUT2D eigenvalue weighted by Crippen LogP contribution is 2.25. The van der Waals surface area contributed by atoms with Crippen molar-refractivity contribution in [2.24, 2.45) is 0 Å². The molecule has 2 heterocycles. The number of hydrogen-bond donors (Lipinski definition) is 1. The lowest BCUT2D eigenvalue weighted by atomic mass is 10.0. The number of para-hydroxylation sites is 1. The van der Waals surface area contributed by atoms with Gasteiger partial charge in [0.05, 0.1) is 17.8 Å². The Morgan fingerprint density at radius 1 is 1.17 bits per heavy atom. The Morgan fingerprint density at radius 2 is 1.90 bits per heavy atom. The van der Waals surface area contributed by atoms with E-state index in [-0.39, 0.29) is 30.6 Å². The predicted molar refractivity (Wildman–Crippen MR) is 119 cm³/mol. The molecule has 7 heteroatoms. The van der Waals surface area contributed by atoms with Crippen molar-refractivity contribution in [3.8, 4) is 16.9 Å². The van der Waals surface area contributed by atoms with E-state index >= 15 is 0 Å². The van der Waals surface area contributed by atoms with Gasteiger partial charge >= 0.3 is 0 Å². The minimum atomic E-state index is -0.291. The lowest BCUT2D eigenvalue weighted by Crippen LogP contribution is -2.47. The van der Waals surface area contributed by atoms with Gasteiger partial charge in [0.2, 0.25) is 5.91 Å². The van der Waals surface area contributed by atoms with Gasteiger partial charge in [0, 0.05) is 36.5 Å². The molecule has 1 N–H and O–H groups in total. The Balaban J connectivity index is 0.00000256. The molecule has 1 saturated heterocycles. The van der Waals surface area contributed by atoms with E-state index in [1.807, 2.05) is 48.5 Å². The first-order valence-corrected chi connectivity index (χ1v) is 9.99. The summed E-state index contributed by atoms with van der Waals surface area (Å²) in [5, 5.41) is 8.00. The molecule has 0 saturated carbocycles. The van der Waals surface area contributed by atoms with Gasteiger partial charge in [0.15, 0.2) is 0 Å². The Hall–Kier alpha value is -2.70. The maximum Gasteiger partial charge on any atom is 0.227 e. The van der Waals surface area contributed by atoms with E-state index in [2.05, 4.69) is 5.32 Å². The van der Waals surface area contributed by atoms with E-state index in [0.29, 0.717) is 11.7 Å². The van der Waals surface area contributed by atoms with Crippen LogP contribution in [-0.4, -0.2) is 46.8 Å². The molecule has 158 valence electrons. The summed E-state index contributed by atoms with van der Waals surface area (Å²) >= 11 is 0. The number of carbonyl (C=O) groups excluding carboxylic acids is 1. The number of rotatable bonds is 5. The fraction of sp³-hybridized carbons (Fsp3) is 0.304. The normalized spacial score (nSPS) is 16.2. The van der Waals surface area contributed by atoms with Crippen molar-refractivity contribution in [1.82, 2.24) is 20.0 Å². The molecule has 0 bridgehead atoms. The highest BCUT2D eigenvalue weighted by atomic mass is 35.5. The van der Waals surface area contributed by atoms with E-state index in [4.69, 9.17) is 5.10 Å². The van der Waals surface area contributed by atoms with Crippen LogP contribution < -0.4 is 5.32 Å². The molecule has 3 aromatic rings. The smallest absolute Gasteiger partial charge is 0.227 e. The SMILES string of the molecule is CNC1CCCN(C(=O)Cc2cn(-c3ccccc3)nc2-c2ccc(F)cc2)C1.Cl. The first-order chi connectivity index (χ1) is 14.1. The number of nitrogens with zero attached hydrogens (tertiary/aromatic N) is 3.